The molecule has 8 heteroatoms. The van der Waals surface area contributed by atoms with Crippen molar-refractivity contribution >= 4 is 54.7 Å². The second kappa shape index (κ2) is 10.9. The van der Waals surface area contributed by atoms with Gasteiger partial charge in [0, 0.05) is 22.0 Å². The molecule has 166 valence electrons. The molecule has 0 saturated heterocycles. The fraction of sp³-hybridized carbons (Fsp3) is 0.167. The van der Waals surface area contributed by atoms with Crippen LogP contribution in [-0.4, -0.2) is 25.9 Å². The Morgan fingerprint density at radius 3 is 2.31 bits per heavy atom. The zero-order valence-electron chi connectivity index (χ0n) is 17.1. The molecule has 0 aliphatic carbocycles. The van der Waals surface area contributed by atoms with E-state index in [-0.39, 0.29) is 41.6 Å². The number of anilines is 1. The summed E-state index contributed by atoms with van der Waals surface area (Å²) >= 11 is 9.51. The van der Waals surface area contributed by atoms with E-state index in [9.17, 15) is 18.0 Å². The lowest BCUT2D eigenvalue weighted by molar-refractivity contribution is -0.116. The summed E-state index contributed by atoms with van der Waals surface area (Å²) in [5.41, 5.74) is 1.68. The maximum atomic E-state index is 13.0. The molecule has 0 bridgehead atoms. The summed E-state index contributed by atoms with van der Waals surface area (Å²) in [5.74, 6) is -0.840. The second-order valence-corrected chi connectivity index (χ2v) is 10.7. The molecule has 0 aromatic heterocycles. The first-order valence-electron chi connectivity index (χ1n) is 9.88. The summed E-state index contributed by atoms with van der Waals surface area (Å²) in [7, 11) is -3.33. The first-order chi connectivity index (χ1) is 15.2. The van der Waals surface area contributed by atoms with Crippen molar-refractivity contribution in [3.05, 3.63) is 99.0 Å². The molecule has 0 aliphatic rings. The van der Waals surface area contributed by atoms with E-state index in [1.165, 1.54) is 0 Å². The van der Waals surface area contributed by atoms with Gasteiger partial charge in [-0.2, -0.15) is 0 Å². The van der Waals surface area contributed by atoms with Gasteiger partial charge in [-0.05, 0) is 42.3 Å². The highest BCUT2D eigenvalue weighted by Gasteiger charge is 2.19. The van der Waals surface area contributed by atoms with Crippen molar-refractivity contribution in [1.29, 1.82) is 0 Å². The third kappa shape index (κ3) is 6.76. The molecule has 0 aliphatic heterocycles. The lowest BCUT2D eigenvalue weighted by atomic mass is 10.0. The number of rotatable bonds is 9. The predicted octanol–water partition coefficient (Wildman–Crippen LogP) is 5.67. The first-order valence-corrected chi connectivity index (χ1v) is 12.9. The fourth-order valence-corrected chi connectivity index (χ4v) is 5.18. The Morgan fingerprint density at radius 1 is 0.906 bits per heavy atom. The van der Waals surface area contributed by atoms with E-state index >= 15 is 0 Å². The van der Waals surface area contributed by atoms with Gasteiger partial charge >= 0.3 is 0 Å². The Hall–Kier alpha value is -2.48. The molecule has 32 heavy (non-hydrogen) atoms. The molecule has 0 atom stereocenters. The van der Waals surface area contributed by atoms with Crippen LogP contribution in [0.1, 0.15) is 34.3 Å². The topological polar surface area (TPSA) is 80.3 Å². The Kier molecular flexibility index (Phi) is 8.23. The summed E-state index contributed by atoms with van der Waals surface area (Å²) in [6, 6.07) is 20.6. The first kappa shape index (κ1) is 24.2. The van der Waals surface area contributed by atoms with Gasteiger partial charge in [0.1, 0.15) is 0 Å². The molecule has 0 radical (unpaired) electrons. The molecule has 0 heterocycles. The van der Waals surface area contributed by atoms with Gasteiger partial charge in [-0.1, -0.05) is 70.0 Å². The van der Waals surface area contributed by atoms with Gasteiger partial charge in [0.2, 0.25) is 5.91 Å². The van der Waals surface area contributed by atoms with E-state index in [0.717, 1.165) is 5.56 Å². The Balaban J connectivity index is 1.64. The SMILES string of the molecule is O=C(CCCS(=O)(=O)Cc1ccccc1)Nc1ccc(Br)cc1C(=O)c1ccccc1Cl. The van der Waals surface area contributed by atoms with Gasteiger partial charge in [0.25, 0.3) is 0 Å². The van der Waals surface area contributed by atoms with Crippen LogP contribution in [0.15, 0.2) is 77.3 Å². The number of sulfone groups is 1. The number of benzene rings is 3. The Morgan fingerprint density at radius 2 is 1.59 bits per heavy atom. The van der Waals surface area contributed by atoms with E-state index in [0.29, 0.717) is 20.7 Å². The van der Waals surface area contributed by atoms with Crippen molar-refractivity contribution in [2.75, 3.05) is 11.1 Å². The molecule has 0 fully saturated rings. The summed E-state index contributed by atoms with van der Waals surface area (Å²) in [5, 5.41) is 3.04. The molecule has 3 aromatic rings. The van der Waals surface area contributed by atoms with Crippen molar-refractivity contribution in [2.24, 2.45) is 0 Å². The molecular formula is C24H21BrClNO4S. The highest BCUT2D eigenvalue weighted by Crippen LogP contribution is 2.27. The van der Waals surface area contributed by atoms with Gasteiger partial charge < -0.3 is 5.32 Å². The van der Waals surface area contributed by atoms with Gasteiger partial charge in [-0.15, -0.1) is 0 Å². The minimum atomic E-state index is -3.33. The lowest BCUT2D eigenvalue weighted by Gasteiger charge is -2.12. The van der Waals surface area contributed by atoms with Crippen LogP contribution in [0.3, 0.4) is 0 Å². The number of nitrogens with one attached hydrogen (secondary N) is 1. The summed E-state index contributed by atoms with van der Waals surface area (Å²) in [4.78, 5) is 25.5. The number of ketones is 1. The Labute approximate surface area is 200 Å². The molecule has 1 N–H and O–H groups in total. The maximum absolute atomic E-state index is 13.0. The third-order valence-electron chi connectivity index (χ3n) is 4.71. The van der Waals surface area contributed by atoms with Crippen LogP contribution in [0, 0.1) is 0 Å². The monoisotopic (exact) mass is 533 g/mol. The van der Waals surface area contributed by atoms with Crippen molar-refractivity contribution in [2.45, 2.75) is 18.6 Å². The highest BCUT2D eigenvalue weighted by atomic mass is 79.9. The van der Waals surface area contributed by atoms with Crippen molar-refractivity contribution < 1.29 is 18.0 Å². The van der Waals surface area contributed by atoms with Gasteiger partial charge in [-0.25, -0.2) is 8.42 Å². The van der Waals surface area contributed by atoms with Gasteiger partial charge in [-0.3, -0.25) is 9.59 Å². The van der Waals surface area contributed by atoms with E-state index in [4.69, 9.17) is 11.6 Å². The summed E-state index contributed by atoms with van der Waals surface area (Å²) < 4.78 is 25.3. The second-order valence-electron chi connectivity index (χ2n) is 7.23. The molecule has 1 amide bonds. The van der Waals surface area contributed by atoms with Gasteiger partial charge in [0.15, 0.2) is 15.6 Å². The number of carbonyl (C=O) groups is 2. The van der Waals surface area contributed by atoms with Crippen LogP contribution < -0.4 is 5.32 Å². The van der Waals surface area contributed by atoms with Crippen LogP contribution in [0.2, 0.25) is 5.02 Å². The predicted molar refractivity (Wildman–Crippen MR) is 131 cm³/mol. The molecule has 3 aromatic carbocycles. The molecule has 0 saturated carbocycles. The molecular weight excluding hydrogens is 514 g/mol. The van der Waals surface area contributed by atoms with E-state index in [2.05, 4.69) is 21.2 Å². The molecule has 0 unspecified atom stereocenters. The van der Waals surface area contributed by atoms with E-state index in [1.54, 1.807) is 66.7 Å². The molecule has 3 rings (SSSR count). The number of amides is 1. The van der Waals surface area contributed by atoms with E-state index in [1.807, 2.05) is 6.07 Å². The summed E-state index contributed by atoms with van der Waals surface area (Å²) in [6.45, 7) is 0. The van der Waals surface area contributed by atoms with Crippen LogP contribution in [0.5, 0.6) is 0 Å². The Bertz CT molecular complexity index is 1230. The smallest absolute Gasteiger partial charge is 0.224 e. The van der Waals surface area contributed by atoms with Crippen molar-refractivity contribution in [3.63, 3.8) is 0 Å². The molecule has 5 nitrogen and oxygen atoms in total. The third-order valence-corrected chi connectivity index (χ3v) is 7.21. The lowest BCUT2D eigenvalue weighted by Crippen LogP contribution is -2.17. The van der Waals surface area contributed by atoms with Gasteiger partial charge in [0.05, 0.1) is 22.2 Å². The van der Waals surface area contributed by atoms with E-state index < -0.39 is 9.84 Å². The number of halogens is 2. The average Bonchev–Trinajstić information content (AvgIpc) is 2.75. The highest BCUT2D eigenvalue weighted by molar-refractivity contribution is 9.10. The van der Waals surface area contributed by atoms with Crippen LogP contribution in [0.25, 0.3) is 0 Å². The quantitative estimate of drug-likeness (QED) is 0.359. The van der Waals surface area contributed by atoms with Crippen molar-refractivity contribution in [1.82, 2.24) is 0 Å². The zero-order chi connectivity index (χ0) is 23.1. The number of carbonyl (C=O) groups excluding carboxylic acids is 2. The number of hydrogen-bond donors (Lipinski definition) is 1. The van der Waals surface area contributed by atoms with Crippen LogP contribution >= 0.6 is 27.5 Å². The van der Waals surface area contributed by atoms with Crippen molar-refractivity contribution in [3.8, 4) is 0 Å². The largest absolute Gasteiger partial charge is 0.325 e. The molecule has 0 spiro atoms. The minimum Gasteiger partial charge on any atom is -0.325 e. The maximum Gasteiger partial charge on any atom is 0.224 e. The minimum absolute atomic E-state index is 0.0177. The summed E-state index contributed by atoms with van der Waals surface area (Å²) in [6.07, 6.45) is 0.204. The van der Waals surface area contributed by atoms with Crippen LogP contribution in [0.4, 0.5) is 5.69 Å². The zero-order valence-corrected chi connectivity index (χ0v) is 20.2. The average molecular weight is 535 g/mol. The number of hydrogen-bond acceptors (Lipinski definition) is 4. The normalized spacial score (nSPS) is 11.2. The standard InChI is InChI=1S/C24H21BrClNO4S/c25-18-12-13-22(20(15-18)24(29)19-9-4-5-10-21(19)26)27-23(28)11-6-14-32(30,31)16-17-7-2-1-3-8-17/h1-5,7-10,12-13,15H,6,11,14,16H2,(H,27,28). The van der Waals surface area contributed by atoms with Crippen LogP contribution in [-0.2, 0) is 20.4 Å². The fourth-order valence-electron chi connectivity index (χ4n) is 3.17.